The van der Waals surface area contributed by atoms with Crippen LogP contribution in [0.1, 0.15) is 12.0 Å². The van der Waals surface area contributed by atoms with E-state index in [1.54, 1.807) is 17.8 Å². The average molecular weight is 394 g/mol. The number of nitrogens with one attached hydrogen (secondary N) is 1. The number of hydrogen-bond donors (Lipinski definition) is 2. The maximum atomic E-state index is 12.1. The fourth-order valence-electron chi connectivity index (χ4n) is 2.37. The number of thioether (sulfide) groups is 1. The summed E-state index contributed by atoms with van der Waals surface area (Å²) in [6.07, 6.45) is 0.850. The Morgan fingerprint density at radius 1 is 1.25 bits per heavy atom. The molecule has 0 aromatic heterocycles. The molecule has 1 fully saturated rings. The Kier molecular flexibility index (Phi) is 8.90. The zero-order valence-electron chi connectivity index (χ0n) is 13.4. The topological polar surface area (TPSA) is 92.5 Å². The molecule has 1 saturated heterocycles. The predicted molar refractivity (Wildman–Crippen MR) is 102 cm³/mol. The molecule has 2 rings (SSSR count). The molecule has 136 valence electrons. The minimum absolute atomic E-state index is 0. The first-order valence-corrected chi connectivity index (χ1v) is 10.4. The number of rotatable bonds is 7. The number of nitrogens with two attached hydrogens (primary N) is 1. The molecule has 0 bridgehead atoms. The highest BCUT2D eigenvalue weighted by Gasteiger charge is 2.23. The number of benzene rings is 1. The Morgan fingerprint density at radius 2 is 1.92 bits per heavy atom. The van der Waals surface area contributed by atoms with E-state index in [-0.39, 0.29) is 30.6 Å². The molecule has 1 amide bonds. The lowest BCUT2D eigenvalue weighted by atomic mass is 10.1. The van der Waals surface area contributed by atoms with Crippen molar-refractivity contribution in [2.24, 2.45) is 0 Å². The summed E-state index contributed by atoms with van der Waals surface area (Å²) in [5.74, 6) is 1.48. The van der Waals surface area contributed by atoms with Crippen molar-refractivity contribution in [2.45, 2.75) is 12.8 Å². The van der Waals surface area contributed by atoms with Crippen molar-refractivity contribution in [3.8, 4) is 0 Å². The standard InChI is InChI=1S/C15H23N3O3S2.ClH/c16-14-4-2-1-3-13(14)5-6-15(19)17-7-12-23(20,21)18-8-10-22-11-9-18;/h1-4H,5-12,16H2,(H,17,19);1H. The summed E-state index contributed by atoms with van der Waals surface area (Å²) in [6, 6.07) is 7.42. The largest absolute Gasteiger partial charge is 0.399 e. The molecule has 9 heteroatoms. The molecule has 0 spiro atoms. The number of nitrogens with zero attached hydrogens (tertiary/aromatic N) is 1. The summed E-state index contributed by atoms with van der Waals surface area (Å²) < 4.78 is 25.8. The van der Waals surface area contributed by atoms with Gasteiger partial charge in [-0.3, -0.25) is 4.79 Å². The van der Waals surface area contributed by atoms with E-state index in [9.17, 15) is 13.2 Å². The zero-order chi connectivity index (χ0) is 16.7. The third kappa shape index (κ3) is 6.51. The van der Waals surface area contributed by atoms with Crippen molar-refractivity contribution in [1.82, 2.24) is 9.62 Å². The number of aryl methyl sites for hydroxylation is 1. The van der Waals surface area contributed by atoms with Crippen LogP contribution in [0.4, 0.5) is 5.69 Å². The molecule has 3 N–H and O–H groups in total. The third-order valence-electron chi connectivity index (χ3n) is 3.72. The van der Waals surface area contributed by atoms with Crippen molar-refractivity contribution in [2.75, 3.05) is 42.6 Å². The summed E-state index contributed by atoms with van der Waals surface area (Å²) in [5.41, 5.74) is 7.43. The molecule has 0 atom stereocenters. The molecule has 0 aliphatic carbocycles. The highest BCUT2D eigenvalue weighted by Crippen LogP contribution is 2.13. The zero-order valence-corrected chi connectivity index (χ0v) is 15.9. The highest BCUT2D eigenvalue weighted by atomic mass is 35.5. The second kappa shape index (κ2) is 10.1. The van der Waals surface area contributed by atoms with E-state index in [2.05, 4.69) is 5.32 Å². The Hall–Kier alpha value is -0.960. The second-order valence-corrected chi connectivity index (χ2v) is 8.69. The molecule has 0 radical (unpaired) electrons. The van der Waals surface area contributed by atoms with Crippen molar-refractivity contribution < 1.29 is 13.2 Å². The molecule has 0 saturated carbocycles. The van der Waals surface area contributed by atoms with E-state index in [4.69, 9.17) is 5.73 Å². The van der Waals surface area contributed by atoms with Crippen LogP contribution in [-0.2, 0) is 21.2 Å². The average Bonchev–Trinajstić information content (AvgIpc) is 2.55. The normalized spacial score (nSPS) is 15.5. The van der Waals surface area contributed by atoms with Crippen LogP contribution in [0.5, 0.6) is 0 Å². The fraction of sp³-hybridized carbons (Fsp3) is 0.533. The van der Waals surface area contributed by atoms with Gasteiger partial charge in [0, 0.05) is 43.2 Å². The molecular formula is C15H24ClN3O3S2. The van der Waals surface area contributed by atoms with E-state index in [0.29, 0.717) is 31.6 Å². The molecule has 1 heterocycles. The molecule has 24 heavy (non-hydrogen) atoms. The van der Waals surface area contributed by atoms with Crippen molar-refractivity contribution >= 4 is 45.8 Å². The van der Waals surface area contributed by atoms with Crippen LogP contribution < -0.4 is 11.1 Å². The quantitative estimate of drug-likeness (QED) is 0.677. The van der Waals surface area contributed by atoms with Crippen LogP contribution in [0.25, 0.3) is 0 Å². The van der Waals surface area contributed by atoms with Gasteiger partial charge in [-0.25, -0.2) is 12.7 Å². The number of carbonyl (C=O) groups excluding carboxylic acids is 1. The van der Waals surface area contributed by atoms with Crippen molar-refractivity contribution in [3.05, 3.63) is 29.8 Å². The second-order valence-electron chi connectivity index (χ2n) is 5.38. The molecule has 1 aliphatic rings. The van der Waals surface area contributed by atoms with Crippen molar-refractivity contribution in [3.63, 3.8) is 0 Å². The van der Waals surface area contributed by atoms with Crippen LogP contribution in [0.15, 0.2) is 24.3 Å². The SMILES string of the molecule is Cl.Nc1ccccc1CCC(=O)NCCS(=O)(=O)N1CCSCC1. The van der Waals surface area contributed by atoms with Gasteiger partial charge in [-0.05, 0) is 18.1 Å². The first kappa shape index (κ1) is 21.1. The van der Waals surface area contributed by atoms with Crippen LogP contribution in [0.3, 0.4) is 0 Å². The Morgan fingerprint density at radius 3 is 2.58 bits per heavy atom. The number of carbonyl (C=O) groups is 1. The number of amides is 1. The fourth-order valence-corrected chi connectivity index (χ4v) is 4.86. The van der Waals surface area contributed by atoms with E-state index in [0.717, 1.165) is 17.1 Å². The summed E-state index contributed by atoms with van der Waals surface area (Å²) >= 11 is 1.76. The maximum absolute atomic E-state index is 12.1. The van der Waals surface area contributed by atoms with Gasteiger partial charge in [0.25, 0.3) is 0 Å². The highest BCUT2D eigenvalue weighted by molar-refractivity contribution is 7.99. The monoisotopic (exact) mass is 393 g/mol. The molecule has 1 aliphatic heterocycles. The van der Waals surface area contributed by atoms with Crippen LogP contribution in [0, 0.1) is 0 Å². The van der Waals surface area contributed by atoms with Crippen molar-refractivity contribution in [1.29, 1.82) is 0 Å². The van der Waals surface area contributed by atoms with E-state index in [1.165, 1.54) is 4.31 Å². The van der Waals surface area contributed by atoms with Gasteiger partial charge in [-0.2, -0.15) is 11.8 Å². The lowest BCUT2D eigenvalue weighted by Gasteiger charge is -2.25. The van der Waals surface area contributed by atoms with Crippen LogP contribution in [-0.4, -0.2) is 55.5 Å². The van der Waals surface area contributed by atoms with Gasteiger partial charge in [0.05, 0.1) is 5.75 Å². The molecule has 1 aromatic carbocycles. The first-order valence-electron chi connectivity index (χ1n) is 7.65. The number of sulfonamides is 1. The van der Waals surface area contributed by atoms with E-state index < -0.39 is 10.0 Å². The van der Waals surface area contributed by atoms with Gasteiger partial charge in [-0.1, -0.05) is 18.2 Å². The van der Waals surface area contributed by atoms with Gasteiger partial charge in [0.15, 0.2) is 0 Å². The summed E-state index contributed by atoms with van der Waals surface area (Å²) in [5, 5.41) is 2.68. The first-order chi connectivity index (χ1) is 11.0. The molecule has 1 aromatic rings. The number of para-hydroxylation sites is 1. The Balaban J connectivity index is 0.00000288. The van der Waals surface area contributed by atoms with Gasteiger partial charge >= 0.3 is 0 Å². The maximum Gasteiger partial charge on any atom is 0.220 e. The predicted octanol–water partition coefficient (Wildman–Crippen LogP) is 1.12. The molecule has 6 nitrogen and oxygen atoms in total. The molecule has 0 unspecified atom stereocenters. The number of hydrogen-bond acceptors (Lipinski definition) is 5. The minimum atomic E-state index is -3.27. The van der Waals surface area contributed by atoms with Gasteiger partial charge in [0.2, 0.25) is 15.9 Å². The van der Waals surface area contributed by atoms with Gasteiger partial charge in [-0.15, -0.1) is 12.4 Å². The van der Waals surface area contributed by atoms with Crippen LogP contribution >= 0.6 is 24.2 Å². The Labute approximate surface area is 154 Å². The van der Waals surface area contributed by atoms with E-state index in [1.807, 2.05) is 18.2 Å². The third-order valence-corrected chi connectivity index (χ3v) is 6.54. The summed E-state index contributed by atoms with van der Waals surface area (Å²) in [6.45, 7) is 1.28. The number of nitrogen functional groups attached to an aromatic ring is 1. The van der Waals surface area contributed by atoms with E-state index >= 15 is 0 Å². The minimum Gasteiger partial charge on any atom is -0.399 e. The van der Waals surface area contributed by atoms with Gasteiger partial charge < -0.3 is 11.1 Å². The Bertz CT molecular complexity index is 635. The van der Waals surface area contributed by atoms with Crippen LogP contribution in [0.2, 0.25) is 0 Å². The smallest absolute Gasteiger partial charge is 0.220 e. The molecular weight excluding hydrogens is 370 g/mol. The lowest BCUT2D eigenvalue weighted by molar-refractivity contribution is -0.120. The number of anilines is 1. The lowest BCUT2D eigenvalue weighted by Crippen LogP contribution is -2.41. The number of halogens is 1. The van der Waals surface area contributed by atoms with Gasteiger partial charge in [0.1, 0.15) is 0 Å². The summed E-state index contributed by atoms with van der Waals surface area (Å²) in [7, 11) is -3.27. The summed E-state index contributed by atoms with van der Waals surface area (Å²) in [4.78, 5) is 11.8.